The van der Waals surface area contributed by atoms with E-state index in [1.807, 2.05) is 41.5 Å². The van der Waals surface area contributed by atoms with Crippen molar-refractivity contribution >= 4 is 5.97 Å². The van der Waals surface area contributed by atoms with Gasteiger partial charge in [0.25, 0.3) is 0 Å². The lowest BCUT2D eigenvalue weighted by Gasteiger charge is -2.26. The molecule has 0 unspecified atom stereocenters. The summed E-state index contributed by atoms with van der Waals surface area (Å²) < 4.78 is 5.10. The van der Waals surface area contributed by atoms with Crippen molar-refractivity contribution in [3.8, 4) is 0 Å². The van der Waals surface area contributed by atoms with Crippen LogP contribution in [0.15, 0.2) is 0 Å². The first-order valence-electron chi connectivity index (χ1n) is 4.45. The van der Waals surface area contributed by atoms with Crippen molar-refractivity contribution in [2.75, 3.05) is 0 Å². The fourth-order valence-corrected chi connectivity index (χ4v) is 0.688. The molecule has 0 rings (SSSR count). The Morgan fingerprint density at radius 2 is 1.58 bits per heavy atom. The summed E-state index contributed by atoms with van der Waals surface area (Å²) in [5, 5.41) is 0. The Kier molecular flexibility index (Phi) is 3.75. The van der Waals surface area contributed by atoms with E-state index in [9.17, 15) is 4.79 Å². The summed E-state index contributed by atoms with van der Waals surface area (Å²) in [7, 11) is 0. The minimum absolute atomic E-state index is 0.00796. The molecule has 0 saturated heterocycles. The van der Waals surface area contributed by atoms with Crippen LogP contribution in [0, 0.1) is 11.3 Å². The summed E-state index contributed by atoms with van der Waals surface area (Å²) in [6, 6.07) is 0. The second-order valence-corrected chi connectivity index (χ2v) is 4.57. The summed E-state index contributed by atoms with van der Waals surface area (Å²) in [5.41, 5.74) is -0.00796. The van der Waals surface area contributed by atoms with Crippen LogP contribution >= 0.6 is 0 Å². The van der Waals surface area contributed by atoms with Crippen LogP contribution in [0.3, 0.4) is 0 Å². The first-order valence-corrected chi connectivity index (χ1v) is 4.45. The van der Waals surface area contributed by atoms with E-state index in [0.29, 0.717) is 0 Å². The summed E-state index contributed by atoms with van der Waals surface area (Å²) in [6.45, 7) is 11.8. The third-order valence-electron chi connectivity index (χ3n) is 2.00. The van der Waals surface area contributed by atoms with E-state index in [4.69, 9.17) is 4.74 Å². The molecule has 0 spiro atoms. The third-order valence-corrected chi connectivity index (χ3v) is 2.00. The lowest BCUT2D eigenvalue weighted by molar-refractivity contribution is -0.155. The Labute approximate surface area is 75.3 Å². The van der Waals surface area contributed by atoms with E-state index in [-0.39, 0.29) is 23.4 Å². The van der Waals surface area contributed by atoms with Crippen molar-refractivity contribution in [1.82, 2.24) is 0 Å². The van der Waals surface area contributed by atoms with Gasteiger partial charge >= 0.3 is 5.97 Å². The predicted octanol–water partition coefficient (Wildman–Crippen LogP) is 2.62. The van der Waals surface area contributed by atoms with Gasteiger partial charge in [0.05, 0.1) is 12.0 Å². The lowest BCUT2D eigenvalue weighted by Crippen LogP contribution is -2.29. The number of esters is 1. The van der Waals surface area contributed by atoms with E-state index in [1.54, 1.807) is 0 Å². The molecule has 0 bridgehead atoms. The molecule has 2 nitrogen and oxygen atoms in total. The van der Waals surface area contributed by atoms with Gasteiger partial charge in [0.15, 0.2) is 0 Å². The topological polar surface area (TPSA) is 26.3 Å². The molecule has 72 valence electrons. The molecular formula is C10H20O2. The highest BCUT2D eigenvalue weighted by Crippen LogP contribution is 2.26. The zero-order valence-electron chi connectivity index (χ0n) is 8.97. The number of carbonyl (C=O) groups excluding carboxylic acids is 1. The summed E-state index contributed by atoms with van der Waals surface area (Å²) in [5.74, 6) is -0.141. The van der Waals surface area contributed by atoms with Gasteiger partial charge in [-0.1, -0.05) is 27.7 Å². The molecule has 0 fully saturated rings. The van der Waals surface area contributed by atoms with Crippen LogP contribution in [-0.2, 0) is 9.53 Å². The van der Waals surface area contributed by atoms with Crippen molar-refractivity contribution in [3.63, 3.8) is 0 Å². The van der Waals surface area contributed by atoms with E-state index in [0.717, 1.165) is 0 Å². The molecule has 0 aliphatic rings. The maximum absolute atomic E-state index is 11.4. The van der Waals surface area contributed by atoms with Crippen LogP contribution in [0.4, 0.5) is 0 Å². The minimum Gasteiger partial charge on any atom is -0.463 e. The molecule has 0 amide bonds. The quantitative estimate of drug-likeness (QED) is 0.598. The van der Waals surface area contributed by atoms with Gasteiger partial charge in [-0.25, -0.2) is 0 Å². The van der Waals surface area contributed by atoms with Gasteiger partial charge in [-0.2, -0.15) is 0 Å². The molecule has 0 N–H and O–H groups in total. The minimum atomic E-state index is -0.0995. The van der Waals surface area contributed by atoms with Crippen molar-refractivity contribution in [2.24, 2.45) is 11.3 Å². The van der Waals surface area contributed by atoms with Crippen molar-refractivity contribution in [3.05, 3.63) is 0 Å². The Morgan fingerprint density at radius 3 is 1.83 bits per heavy atom. The van der Waals surface area contributed by atoms with Gasteiger partial charge in [0, 0.05) is 0 Å². The second-order valence-electron chi connectivity index (χ2n) is 4.57. The zero-order valence-corrected chi connectivity index (χ0v) is 8.97. The molecule has 0 aromatic rings. The Hall–Kier alpha value is -0.530. The predicted molar refractivity (Wildman–Crippen MR) is 49.8 cm³/mol. The molecule has 2 heteroatoms. The Bertz CT molecular complexity index is 154. The fourth-order valence-electron chi connectivity index (χ4n) is 0.688. The average molecular weight is 172 g/mol. The zero-order chi connectivity index (χ0) is 9.94. The van der Waals surface area contributed by atoms with Gasteiger partial charge in [-0.15, -0.1) is 0 Å². The number of hydrogen-bond acceptors (Lipinski definition) is 2. The molecule has 0 radical (unpaired) electrons. The van der Waals surface area contributed by atoms with E-state index in [2.05, 4.69) is 0 Å². The van der Waals surface area contributed by atoms with Crippen LogP contribution in [0.5, 0.6) is 0 Å². The average Bonchev–Trinajstić information content (AvgIpc) is 1.82. The monoisotopic (exact) mass is 172 g/mol. The Balaban J connectivity index is 4.12. The van der Waals surface area contributed by atoms with Gasteiger partial charge in [0.2, 0.25) is 0 Å². The number of rotatable bonds is 2. The second kappa shape index (κ2) is 3.92. The highest BCUT2D eigenvalue weighted by Gasteiger charge is 2.28. The van der Waals surface area contributed by atoms with Crippen molar-refractivity contribution in [1.29, 1.82) is 0 Å². The molecule has 0 heterocycles. The van der Waals surface area contributed by atoms with Gasteiger partial charge < -0.3 is 4.74 Å². The number of carbonyl (C=O) groups is 1. The van der Waals surface area contributed by atoms with Crippen LogP contribution in [0.2, 0.25) is 0 Å². The normalized spacial score (nSPS) is 14.6. The fraction of sp³-hybridized carbons (Fsp3) is 0.900. The van der Waals surface area contributed by atoms with Crippen molar-refractivity contribution < 1.29 is 9.53 Å². The molecular weight excluding hydrogens is 152 g/mol. The molecule has 1 atom stereocenters. The maximum Gasteiger partial charge on any atom is 0.309 e. The maximum atomic E-state index is 11.4. The summed E-state index contributed by atoms with van der Waals surface area (Å²) in [4.78, 5) is 11.4. The number of hydrogen-bond donors (Lipinski definition) is 0. The summed E-state index contributed by atoms with van der Waals surface area (Å²) in [6.07, 6.45) is -0.0118. The van der Waals surface area contributed by atoms with Crippen molar-refractivity contribution in [2.45, 2.75) is 47.6 Å². The highest BCUT2D eigenvalue weighted by atomic mass is 16.5. The molecule has 0 aliphatic heterocycles. The standard InChI is InChI=1S/C10H20O2/c1-7(2)12-9(11)8(3)10(4,5)6/h7-8H,1-6H3/t8-/m0/s1. The van der Waals surface area contributed by atoms with Gasteiger partial charge in [0.1, 0.15) is 0 Å². The molecule has 0 aromatic carbocycles. The van der Waals surface area contributed by atoms with Gasteiger partial charge in [-0.05, 0) is 19.3 Å². The molecule has 0 aliphatic carbocycles. The first kappa shape index (κ1) is 11.5. The smallest absolute Gasteiger partial charge is 0.309 e. The molecule has 12 heavy (non-hydrogen) atoms. The molecule has 0 aromatic heterocycles. The van der Waals surface area contributed by atoms with E-state index < -0.39 is 0 Å². The SMILES string of the molecule is CC(C)OC(=O)[C@H](C)C(C)(C)C. The Morgan fingerprint density at radius 1 is 1.17 bits per heavy atom. The first-order chi connectivity index (χ1) is 5.25. The van der Waals surface area contributed by atoms with Crippen LogP contribution < -0.4 is 0 Å². The van der Waals surface area contributed by atoms with E-state index in [1.165, 1.54) is 0 Å². The number of ether oxygens (including phenoxy) is 1. The van der Waals surface area contributed by atoms with E-state index >= 15 is 0 Å². The molecule has 0 saturated carbocycles. The summed E-state index contributed by atoms with van der Waals surface area (Å²) >= 11 is 0. The van der Waals surface area contributed by atoms with Crippen LogP contribution in [0.1, 0.15) is 41.5 Å². The highest BCUT2D eigenvalue weighted by molar-refractivity contribution is 5.72. The van der Waals surface area contributed by atoms with Gasteiger partial charge in [-0.3, -0.25) is 4.79 Å². The third kappa shape index (κ3) is 3.74. The lowest BCUT2D eigenvalue weighted by atomic mass is 9.82. The van der Waals surface area contributed by atoms with Crippen LogP contribution in [0.25, 0.3) is 0 Å². The van der Waals surface area contributed by atoms with Crippen LogP contribution in [-0.4, -0.2) is 12.1 Å². The largest absolute Gasteiger partial charge is 0.463 e.